The molecule has 0 atom stereocenters. The number of nitrogens with one attached hydrogen (secondary N) is 2. The van der Waals surface area contributed by atoms with Crippen LogP contribution < -0.4 is 10.6 Å². The Morgan fingerprint density at radius 3 is 2.70 bits per heavy atom. The van der Waals surface area contributed by atoms with Crippen molar-refractivity contribution in [3.8, 4) is 0 Å². The fourth-order valence-corrected chi connectivity index (χ4v) is 2.69. The summed E-state index contributed by atoms with van der Waals surface area (Å²) in [4.78, 5) is 25.5. The number of furan rings is 1. The zero-order valence-electron chi connectivity index (χ0n) is 11.4. The second-order valence-electron chi connectivity index (χ2n) is 4.37. The van der Waals surface area contributed by atoms with E-state index in [2.05, 4.69) is 10.6 Å². The largest absolute Gasteiger partial charge is 0.467 e. The maximum atomic E-state index is 11.9. The lowest BCUT2D eigenvalue weighted by Gasteiger charge is -2.05. The molecule has 2 amide bonds. The number of carbonyl (C=O) groups is 2. The summed E-state index contributed by atoms with van der Waals surface area (Å²) in [6, 6.07) is 5.36. The van der Waals surface area contributed by atoms with Crippen LogP contribution in [0.25, 0.3) is 0 Å². The van der Waals surface area contributed by atoms with Gasteiger partial charge in [-0.3, -0.25) is 9.59 Å². The van der Waals surface area contributed by atoms with Crippen molar-refractivity contribution < 1.29 is 14.0 Å². The number of rotatable bonds is 5. The molecule has 0 saturated heterocycles. The van der Waals surface area contributed by atoms with Crippen LogP contribution in [0.3, 0.4) is 0 Å². The van der Waals surface area contributed by atoms with E-state index in [1.54, 1.807) is 29.7 Å². The Kier molecular flexibility index (Phi) is 4.57. The SMILES string of the molecule is Cc1cc(C(=O)NCC(=O)NCc2ccco2)c(C)s1. The third kappa shape index (κ3) is 3.71. The van der Waals surface area contributed by atoms with E-state index >= 15 is 0 Å². The minimum absolute atomic E-state index is 0.0477. The zero-order chi connectivity index (χ0) is 14.5. The van der Waals surface area contributed by atoms with Gasteiger partial charge in [0, 0.05) is 9.75 Å². The van der Waals surface area contributed by atoms with Gasteiger partial charge in [-0.05, 0) is 32.0 Å². The average Bonchev–Trinajstić information content (AvgIpc) is 3.03. The quantitative estimate of drug-likeness (QED) is 0.885. The van der Waals surface area contributed by atoms with E-state index in [9.17, 15) is 9.59 Å². The lowest BCUT2D eigenvalue weighted by atomic mass is 10.2. The first-order valence-electron chi connectivity index (χ1n) is 6.20. The molecule has 0 saturated carbocycles. The summed E-state index contributed by atoms with van der Waals surface area (Å²) in [5.74, 6) is 0.202. The van der Waals surface area contributed by atoms with Gasteiger partial charge in [0.2, 0.25) is 5.91 Å². The monoisotopic (exact) mass is 292 g/mol. The van der Waals surface area contributed by atoms with Crippen LogP contribution in [0.15, 0.2) is 28.9 Å². The molecule has 20 heavy (non-hydrogen) atoms. The van der Waals surface area contributed by atoms with E-state index in [4.69, 9.17) is 4.42 Å². The van der Waals surface area contributed by atoms with Gasteiger partial charge in [0.15, 0.2) is 0 Å². The van der Waals surface area contributed by atoms with Gasteiger partial charge in [0.25, 0.3) is 5.91 Å². The lowest BCUT2D eigenvalue weighted by Crippen LogP contribution is -2.36. The highest BCUT2D eigenvalue weighted by Gasteiger charge is 2.12. The van der Waals surface area contributed by atoms with E-state index < -0.39 is 0 Å². The summed E-state index contributed by atoms with van der Waals surface area (Å²) in [6.45, 7) is 4.11. The predicted octanol–water partition coefficient (Wildman–Crippen LogP) is 2.00. The molecule has 2 rings (SSSR count). The number of thiophene rings is 1. The molecule has 106 valence electrons. The Balaban J connectivity index is 1.78. The summed E-state index contributed by atoms with van der Waals surface area (Å²) < 4.78 is 5.10. The molecule has 0 aromatic carbocycles. The Morgan fingerprint density at radius 1 is 1.30 bits per heavy atom. The third-order valence-electron chi connectivity index (χ3n) is 2.73. The summed E-state index contributed by atoms with van der Waals surface area (Å²) in [5.41, 5.74) is 0.631. The third-order valence-corrected chi connectivity index (χ3v) is 3.70. The topological polar surface area (TPSA) is 71.3 Å². The Labute approximate surface area is 121 Å². The second kappa shape index (κ2) is 6.38. The van der Waals surface area contributed by atoms with Crippen LogP contribution in [0.4, 0.5) is 0 Å². The molecule has 2 aromatic rings. The number of amides is 2. The molecule has 6 heteroatoms. The van der Waals surface area contributed by atoms with Gasteiger partial charge >= 0.3 is 0 Å². The van der Waals surface area contributed by atoms with Crippen LogP contribution in [0.1, 0.15) is 25.9 Å². The molecule has 0 radical (unpaired) electrons. The van der Waals surface area contributed by atoms with E-state index in [-0.39, 0.29) is 18.4 Å². The van der Waals surface area contributed by atoms with Gasteiger partial charge in [-0.25, -0.2) is 0 Å². The van der Waals surface area contributed by atoms with Crippen molar-refractivity contribution in [2.75, 3.05) is 6.54 Å². The number of hydrogen-bond acceptors (Lipinski definition) is 4. The Morgan fingerprint density at radius 2 is 2.10 bits per heavy atom. The number of hydrogen-bond donors (Lipinski definition) is 2. The van der Waals surface area contributed by atoms with Gasteiger partial charge in [-0.2, -0.15) is 0 Å². The lowest BCUT2D eigenvalue weighted by molar-refractivity contribution is -0.120. The van der Waals surface area contributed by atoms with Crippen molar-refractivity contribution in [3.05, 3.63) is 45.5 Å². The molecule has 0 aliphatic rings. The highest BCUT2D eigenvalue weighted by atomic mass is 32.1. The van der Waals surface area contributed by atoms with Gasteiger partial charge in [0.1, 0.15) is 5.76 Å². The summed E-state index contributed by atoms with van der Waals surface area (Å²) >= 11 is 1.57. The molecular formula is C14H16N2O3S. The fraction of sp³-hybridized carbons (Fsp3) is 0.286. The van der Waals surface area contributed by atoms with Crippen LogP contribution in [0, 0.1) is 13.8 Å². The average molecular weight is 292 g/mol. The molecule has 2 aromatic heterocycles. The smallest absolute Gasteiger partial charge is 0.252 e. The molecule has 0 spiro atoms. The first kappa shape index (κ1) is 14.3. The minimum Gasteiger partial charge on any atom is -0.467 e. The van der Waals surface area contributed by atoms with Crippen LogP contribution in [0.5, 0.6) is 0 Å². The number of aryl methyl sites for hydroxylation is 2. The van der Waals surface area contributed by atoms with Crippen LogP contribution in [0.2, 0.25) is 0 Å². The predicted molar refractivity (Wildman–Crippen MR) is 76.7 cm³/mol. The zero-order valence-corrected chi connectivity index (χ0v) is 12.2. The normalized spacial score (nSPS) is 10.3. The molecule has 0 unspecified atom stereocenters. The Hall–Kier alpha value is -2.08. The van der Waals surface area contributed by atoms with Crippen molar-refractivity contribution in [2.24, 2.45) is 0 Å². The van der Waals surface area contributed by atoms with E-state index in [0.29, 0.717) is 17.9 Å². The van der Waals surface area contributed by atoms with E-state index in [1.807, 2.05) is 19.9 Å². The van der Waals surface area contributed by atoms with Crippen molar-refractivity contribution in [1.29, 1.82) is 0 Å². The molecule has 0 aliphatic heterocycles. The maximum Gasteiger partial charge on any atom is 0.252 e. The standard InChI is InChI=1S/C14H16N2O3S/c1-9-6-12(10(2)20-9)14(18)16-8-13(17)15-7-11-4-3-5-19-11/h3-6H,7-8H2,1-2H3,(H,15,17)(H,16,18). The summed E-state index contributed by atoms with van der Waals surface area (Å²) in [6.07, 6.45) is 1.55. The molecule has 2 N–H and O–H groups in total. The van der Waals surface area contributed by atoms with Crippen LogP contribution in [-0.4, -0.2) is 18.4 Å². The van der Waals surface area contributed by atoms with Crippen molar-refractivity contribution in [1.82, 2.24) is 10.6 Å². The molecule has 0 bridgehead atoms. The first-order valence-corrected chi connectivity index (χ1v) is 7.02. The summed E-state index contributed by atoms with van der Waals surface area (Å²) in [7, 11) is 0. The van der Waals surface area contributed by atoms with Gasteiger partial charge in [-0.1, -0.05) is 0 Å². The van der Waals surface area contributed by atoms with E-state index in [0.717, 1.165) is 9.75 Å². The molecular weight excluding hydrogens is 276 g/mol. The van der Waals surface area contributed by atoms with Crippen molar-refractivity contribution >= 4 is 23.2 Å². The fourth-order valence-electron chi connectivity index (χ4n) is 1.77. The van der Waals surface area contributed by atoms with Crippen molar-refractivity contribution in [2.45, 2.75) is 20.4 Å². The van der Waals surface area contributed by atoms with Gasteiger partial charge < -0.3 is 15.1 Å². The molecule has 0 aliphatic carbocycles. The highest BCUT2D eigenvalue weighted by Crippen LogP contribution is 2.20. The summed E-state index contributed by atoms with van der Waals surface area (Å²) in [5, 5.41) is 5.27. The minimum atomic E-state index is -0.251. The van der Waals surface area contributed by atoms with Crippen LogP contribution in [-0.2, 0) is 11.3 Å². The van der Waals surface area contributed by atoms with Gasteiger partial charge in [0.05, 0.1) is 24.9 Å². The molecule has 0 fully saturated rings. The van der Waals surface area contributed by atoms with Crippen LogP contribution >= 0.6 is 11.3 Å². The maximum absolute atomic E-state index is 11.9. The van der Waals surface area contributed by atoms with Crippen molar-refractivity contribution in [3.63, 3.8) is 0 Å². The molecule has 5 nitrogen and oxygen atoms in total. The first-order chi connectivity index (χ1) is 9.56. The van der Waals surface area contributed by atoms with E-state index in [1.165, 1.54) is 0 Å². The van der Waals surface area contributed by atoms with Gasteiger partial charge in [-0.15, -0.1) is 11.3 Å². The molecule has 2 heterocycles. The Bertz CT molecular complexity index is 602. The number of carbonyl (C=O) groups excluding carboxylic acids is 2. The second-order valence-corrected chi connectivity index (χ2v) is 5.83. The highest BCUT2D eigenvalue weighted by molar-refractivity contribution is 7.12.